The fourth-order valence-corrected chi connectivity index (χ4v) is 4.25. The highest BCUT2D eigenvalue weighted by atomic mass is 19.1. The van der Waals surface area contributed by atoms with Crippen molar-refractivity contribution in [2.75, 3.05) is 18.0 Å². The quantitative estimate of drug-likeness (QED) is 0.752. The van der Waals surface area contributed by atoms with Gasteiger partial charge in [-0.25, -0.2) is 14.4 Å². The molecule has 8 heteroatoms. The highest BCUT2D eigenvalue weighted by Gasteiger charge is 2.46. The van der Waals surface area contributed by atoms with Gasteiger partial charge in [0, 0.05) is 31.2 Å². The van der Waals surface area contributed by atoms with Gasteiger partial charge in [-0.1, -0.05) is 0 Å². The smallest absolute Gasteiger partial charge is 0.237 e. The monoisotopic (exact) mass is 380 g/mol. The first kappa shape index (κ1) is 17.1. The largest absolute Gasteiger partial charge is 0.438 e. The maximum atomic E-state index is 13.0. The zero-order chi connectivity index (χ0) is 19.1. The van der Waals surface area contributed by atoms with Crippen LogP contribution in [-0.2, 0) is 6.54 Å². The van der Waals surface area contributed by atoms with Gasteiger partial charge in [-0.3, -0.25) is 4.68 Å². The molecule has 0 amide bonds. The van der Waals surface area contributed by atoms with Crippen molar-refractivity contribution in [2.24, 2.45) is 11.1 Å². The molecule has 2 aliphatic heterocycles. The first-order chi connectivity index (χ1) is 13.6. The molecule has 3 aromatic rings. The van der Waals surface area contributed by atoms with Crippen molar-refractivity contribution < 1.29 is 9.13 Å². The molecule has 0 saturated carbocycles. The maximum absolute atomic E-state index is 13.0. The first-order valence-electron chi connectivity index (χ1n) is 9.41. The molecule has 7 nitrogen and oxygen atoms in total. The van der Waals surface area contributed by atoms with Gasteiger partial charge in [0.1, 0.15) is 17.4 Å². The Balaban J connectivity index is 1.23. The zero-order valence-electron chi connectivity index (χ0n) is 15.3. The molecule has 0 radical (unpaired) electrons. The summed E-state index contributed by atoms with van der Waals surface area (Å²) in [5, 5.41) is 4.39. The minimum Gasteiger partial charge on any atom is -0.438 e. The fourth-order valence-electron chi connectivity index (χ4n) is 4.25. The second-order valence-electron chi connectivity index (χ2n) is 7.51. The van der Waals surface area contributed by atoms with Gasteiger partial charge in [0.05, 0.1) is 24.1 Å². The van der Waals surface area contributed by atoms with Crippen molar-refractivity contribution in [1.29, 1.82) is 0 Å². The van der Waals surface area contributed by atoms with E-state index in [4.69, 9.17) is 10.5 Å². The predicted molar refractivity (Wildman–Crippen MR) is 102 cm³/mol. The van der Waals surface area contributed by atoms with Crippen LogP contribution in [0.25, 0.3) is 0 Å². The molecule has 1 saturated heterocycles. The molecule has 1 unspecified atom stereocenters. The van der Waals surface area contributed by atoms with E-state index in [1.165, 1.54) is 12.1 Å². The number of hydrogen-bond acceptors (Lipinski definition) is 6. The molecule has 0 aliphatic carbocycles. The van der Waals surface area contributed by atoms with E-state index in [2.05, 4.69) is 20.0 Å². The lowest BCUT2D eigenvalue weighted by Gasteiger charge is -2.41. The highest BCUT2D eigenvalue weighted by Crippen LogP contribution is 2.47. The van der Waals surface area contributed by atoms with Gasteiger partial charge in [0.25, 0.3) is 0 Å². The fraction of sp³-hybridized carbons (Fsp3) is 0.350. The molecule has 2 aromatic heterocycles. The lowest BCUT2D eigenvalue weighted by Crippen LogP contribution is -2.45. The van der Waals surface area contributed by atoms with Gasteiger partial charge in [-0.05, 0) is 43.2 Å². The Morgan fingerprint density at radius 1 is 1.07 bits per heavy atom. The normalized spacial score (nSPS) is 20.4. The van der Waals surface area contributed by atoms with Crippen LogP contribution in [0.15, 0.2) is 48.9 Å². The molecule has 0 bridgehead atoms. The van der Waals surface area contributed by atoms with Gasteiger partial charge in [0.15, 0.2) is 0 Å². The average molecular weight is 380 g/mol. The highest BCUT2D eigenvalue weighted by molar-refractivity contribution is 5.38. The number of nitrogens with two attached hydrogens (primary N) is 1. The lowest BCUT2D eigenvalue weighted by atomic mass is 9.73. The van der Waals surface area contributed by atoms with Crippen molar-refractivity contribution in [2.45, 2.75) is 25.4 Å². The summed E-state index contributed by atoms with van der Waals surface area (Å²) < 4.78 is 20.6. The lowest BCUT2D eigenvalue weighted by molar-refractivity contribution is 0.170. The van der Waals surface area contributed by atoms with E-state index in [-0.39, 0.29) is 17.3 Å². The topological polar surface area (TPSA) is 82.1 Å². The van der Waals surface area contributed by atoms with Crippen molar-refractivity contribution in [3.05, 3.63) is 60.4 Å². The van der Waals surface area contributed by atoms with E-state index < -0.39 is 0 Å². The van der Waals surface area contributed by atoms with E-state index in [0.29, 0.717) is 11.6 Å². The van der Waals surface area contributed by atoms with E-state index in [1.54, 1.807) is 24.5 Å². The van der Waals surface area contributed by atoms with Gasteiger partial charge < -0.3 is 15.4 Å². The summed E-state index contributed by atoms with van der Waals surface area (Å²) in [7, 11) is 0. The van der Waals surface area contributed by atoms with E-state index in [0.717, 1.165) is 44.0 Å². The molecule has 1 fully saturated rings. The molecule has 1 spiro atoms. The molecule has 144 valence electrons. The maximum Gasteiger partial charge on any atom is 0.237 e. The minimum atomic E-state index is -0.304. The van der Waals surface area contributed by atoms with E-state index in [9.17, 15) is 4.39 Å². The van der Waals surface area contributed by atoms with Gasteiger partial charge in [0.2, 0.25) is 5.88 Å². The number of fused-ring (bicyclic) bond motifs is 1. The SMILES string of the molecule is NC1c2ccnn2CC12CCN(c1cnc(Oc3ccc(F)cc3)cn1)CC2. The van der Waals surface area contributed by atoms with Crippen LogP contribution in [0.2, 0.25) is 0 Å². The summed E-state index contributed by atoms with van der Waals surface area (Å²) in [6, 6.07) is 7.88. The molecule has 4 heterocycles. The van der Waals surface area contributed by atoms with Crippen molar-refractivity contribution >= 4 is 5.82 Å². The van der Waals surface area contributed by atoms with Crippen LogP contribution in [0.4, 0.5) is 10.2 Å². The van der Waals surface area contributed by atoms with Crippen molar-refractivity contribution in [3.63, 3.8) is 0 Å². The van der Waals surface area contributed by atoms with Crippen molar-refractivity contribution in [3.8, 4) is 11.6 Å². The Morgan fingerprint density at radius 3 is 2.54 bits per heavy atom. The second-order valence-corrected chi connectivity index (χ2v) is 7.51. The molecule has 1 aromatic carbocycles. The summed E-state index contributed by atoms with van der Waals surface area (Å²) in [5.74, 6) is 1.43. The predicted octanol–water partition coefficient (Wildman–Crippen LogP) is 2.90. The number of benzene rings is 1. The third-order valence-electron chi connectivity index (χ3n) is 5.93. The first-order valence-corrected chi connectivity index (χ1v) is 9.41. The Kier molecular flexibility index (Phi) is 4.01. The number of anilines is 1. The van der Waals surface area contributed by atoms with Gasteiger partial charge in [-0.15, -0.1) is 0 Å². The number of ether oxygens (including phenoxy) is 1. The van der Waals surface area contributed by atoms with Crippen molar-refractivity contribution in [1.82, 2.24) is 19.7 Å². The summed E-state index contributed by atoms with van der Waals surface area (Å²) >= 11 is 0. The second kappa shape index (κ2) is 6.56. The summed E-state index contributed by atoms with van der Waals surface area (Å²) in [4.78, 5) is 11.1. The van der Waals surface area contributed by atoms with Crippen LogP contribution < -0.4 is 15.4 Å². The third-order valence-corrected chi connectivity index (χ3v) is 5.93. The van der Waals surface area contributed by atoms with Crippen LogP contribution in [-0.4, -0.2) is 32.8 Å². The molecular weight excluding hydrogens is 359 g/mol. The van der Waals surface area contributed by atoms with E-state index >= 15 is 0 Å². The zero-order valence-corrected chi connectivity index (χ0v) is 15.3. The number of hydrogen-bond donors (Lipinski definition) is 1. The third kappa shape index (κ3) is 2.90. The number of rotatable bonds is 3. The van der Waals surface area contributed by atoms with Crippen LogP contribution in [0.5, 0.6) is 11.6 Å². The number of nitrogens with zero attached hydrogens (tertiary/aromatic N) is 5. The Labute approximate surface area is 162 Å². The molecular formula is C20H21FN6O. The number of aromatic nitrogens is 4. The average Bonchev–Trinajstić information content (AvgIpc) is 3.27. The van der Waals surface area contributed by atoms with Crippen LogP contribution in [0.1, 0.15) is 24.6 Å². The Bertz CT molecular complexity index is 963. The molecule has 2 N–H and O–H groups in total. The number of piperidine rings is 1. The standard InChI is InChI=1S/C20H21FN6O/c21-14-1-3-15(4-2-14)28-18-12-23-17(11-24-18)26-9-6-20(7-10-26)13-27-16(19(20)22)5-8-25-27/h1-5,8,11-12,19H,6-7,9-10,13,22H2. The Morgan fingerprint density at radius 2 is 1.86 bits per heavy atom. The molecule has 28 heavy (non-hydrogen) atoms. The molecule has 2 aliphatic rings. The van der Waals surface area contributed by atoms with Gasteiger partial charge in [-0.2, -0.15) is 5.10 Å². The van der Waals surface area contributed by atoms with Crippen LogP contribution in [0.3, 0.4) is 0 Å². The van der Waals surface area contributed by atoms with Crippen LogP contribution in [0, 0.1) is 11.2 Å². The van der Waals surface area contributed by atoms with Crippen LogP contribution >= 0.6 is 0 Å². The molecule has 1 atom stereocenters. The van der Waals surface area contributed by atoms with Gasteiger partial charge >= 0.3 is 0 Å². The minimum absolute atomic E-state index is 0.0368. The number of halogens is 1. The van der Waals surface area contributed by atoms with E-state index in [1.807, 2.05) is 16.9 Å². The summed E-state index contributed by atoms with van der Waals surface area (Å²) in [5.41, 5.74) is 7.76. The summed E-state index contributed by atoms with van der Waals surface area (Å²) in [6.45, 7) is 2.65. The molecule has 5 rings (SSSR count). The summed E-state index contributed by atoms with van der Waals surface area (Å²) in [6.07, 6.45) is 7.12. The Hall–Kier alpha value is -3.00.